The van der Waals surface area contributed by atoms with Crippen LogP contribution >= 0.6 is 0 Å². The minimum Gasteiger partial charge on any atom is -0.494 e. The first-order valence-electron chi connectivity index (χ1n) is 9.94. The van der Waals surface area contributed by atoms with E-state index in [1.54, 1.807) is 0 Å². The van der Waals surface area contributed by atoms with Crippen molar-refractivity contribution in [3.8, 4) is 5.75 Å². The second-order valence-corrected chi connectivity index (χ2v) is 7.54. The number of carbonyl (C=O) groups excluding carboxylic acids is 1. The van der Waals surface area contributed by atoms with Gasteiger partial charge in [-0.15, -0.1) is 0 Å². The maximum absolute atomic E-state index is 12.6. The lowest BCUT2D eigenvalue weighted by atomic mass is 10.1. The van der Waals surface area contributed by atoms with Gasteiger partial charge >= 0.3 is 0 Å². The molecule has 2 aromatic carbocycles. The first kappa shape index (κ1) is 18.3. The van der Waals surface area contributed by atoms with E-state index in [9.17, 15) is 4.79 Å². The molecule has 2 heterocycles. The van der Waals surface area contributed by atoms with Crippen molar-refractivity contribution in [1.29, 1.82) is 0 Å². The Kier molecular flexibility index (Phi) is 5.60. The fourth-order valence-corrected chi connectivity index (χ4v) is 4.05. The Hall–Kier alpha value is -2.11. The normalized spacial score (nSPS) is 20.9. The first-order chi connectivity index (χ1) is 13.2. The molecular formula is C22H28N2O3. The highest BCUT2D eigenvalue weighted by Crippen LogP contribution is 2.24. The average Bonchev–Trinajstić information content (AvgIpc) is 3.12. The highest BCUT2D eigenvalue weighted by Gasteiger charge is 2.20. The third kappa shape index (κ3) is 4.25. The van der Waals surface area contributed by atoms with E-state index in [-0.39, 0.29) is 5.91 Å². The Morgan fingerprint density at radius 2 is 1.89 bits per heavy atom. The molecule has 5 nitrogen and oxygen atoms in total. The predicted octanol–water partition coefficient (Wildman–Crippen LogP) is 3.18. The van der Waals surface area contributed by atoms with Crippen molar-refractivity contribution in [3.05, 3.63) is 42.0 Å². The highest BCUT2D eigenvalue weighted by atomic mass is 16.5. The molecule has 2 aromatic rings. The quantitative estimate of drug-likeness (QED) is 0.813. The summed E-state index contributed by atoms with van der Waals surface area (Å²) in [6.45, 7) is 4.52. The van der Waals surface area contributed by atoms with Crippen molar-refractivity contribution >= 4 is 16.7 Å². The van der Waals surface area contributed by atoms with Gasteiger partial charge in [-0.25, -0.2) is 0 Å². The molecule has 2 aliphatic heterocycles. The topological polar surface area (TPSA) is 42.0 Å². The van der Waals surface area contributed by atoms with Crippen molar-refractivity contribution in [2.24, 2.45) is 0 Å². The number of amides is 1. The molecule has 2 aliphatic rings. The molecule has 4 rings (SSSR count). The summed E-state index contributed by atoms with van der Waals surface area (Å²) in [7, 11) is 2.20. The number of likely N-dealkylation sites (tertiary alicyclic amines) is 1. The highest BCUT2D eigenvalue weighted by molar-refractivity contribution is 5.98. The van der Waals surface area contributed by atoms with Gasteiger partial charge in [-0.2, -0.15) is 0 Å². The Balaban J connectivity index is 1.40. The van der Waals surface area contributed by atoms with Gasteiger partial charge in [0.15, 0.2) is 0 Å². The summed E-state index contributed by atoms with van der Waals surface area (Å²) in [4.78, 5) is 16.9. The molecule has 27 heavy (non-hydrogen) atoms. The summed E-state index contributed by atoms with van der Waals surface area (Å²) in [5, 5.41) is 2.17. The number of rotatable bonds is 5. The number of nitrogens with zero attached hydrogens (tertiary/aromatic N) is 2. The third-order valence-electron chi connectivity index (χ3n) is 5.75. The number of ether oxygens (including phenoxy) is 2. The van der Waals surface area contributed by atoms with Crippen molar-refractivity contribution in [1.82, 2.24) is 9.80 Å². The number of fused-ring (bicyclic) bond motifs is 1. The molecule has 0 saturated carbocycles. The molecule has 1 unspecified atom stereocenters. The van der Waals surface area contributed by atoms with Gasteiger partial charge in [0.25, 0.3) is 5.91 Å². The van der Waals surface area contributed by atoms with E-state index >= 15 is 0 Å². The van der Waals surface area contributed by atoms with E-state index in [1.807, 2.05) is 35.2 Å². The van der Waals surface area contributed by atoms with Crippen LogP contribution in [0.3, 0.4) is 0 Å². The minimum atomic E-state index is 0.0845. The summed E-state index contributed by atoms with van der Waals surface area (Å²) < 4.78 is 11.3. The van der Waals surface area contributed by atoms with Gasteiger partial charge in [0.2, 0.25) is 0 Å². The van der Waals surface area contributed by atoms with Crippen LogP contribution in [0.5, 0.6) is 5.75 Å². The predicted molar refractivity (Wildman–Crippen MR) is 106 cm³/mol. The molecule has 0 aromatic heterocycles. The van der Waals surface area contributed by atoms with Crippen LogP contribution in [-0.2, 0) is 4.74 Å². The minimum absolute atomic E-state index is 0.0845. The molecule has 0 spiro atoms. The van der Waals surface area contributed by atoms with Gasteiger partial charge in [0, 0.05) is 24.7 Å². The molecule has 5 heteroatoms. The average molecular weight is 368 g/mol. The van der Waals surface area contributed by atoms with Crippen LogP contribution in [0.25, 0.3) is 10.8 Å². The Labute approximate surface area is 160 Å². The van der Waals surface area contributed by atoms with E-state index in [4.69, 9.17) is 9.47 Å². The smallest absolute Gasteiger partial charge is 0.254 e. The molecule has 1 atom stereocenters. The van der Waals surface area contributed by atoms with Crippen molar-refractivity contribution in [3.63, 3.8) is 0 Å². The molecule has 1 amide bonds. The molecule has 0 radical (unpaired) electrons. The van der Waals surface area contributed by atoms with Crippen LogP contribution in [-0.4, -0.2) is 68.3 Å². The monoisotopic (exact) mass is 368 g/mol. The van der Waals surface area contributed by atoms with Gasteiger partial charge < -0.3 is 19.3 Å². The summed E-state index contributed by atoms with van der Waals surface area (Å²) in [5.41, 5.74) is 0.738. The molecule has 0 bridgehead atoms. The number of hydrogen-bond acceptors (Lipinski definition) is 4. The molecular weight excluding hydrogens is 340 g/mol. The maximum atomic E-state index is 12.6. The van der Waals surface area contributed by atoms with Crippen LogP contribution in [0.15, 0.2) is 36.4 Å². The van der Waals surface area contributed by atoms with Crippen LogP contribution < -0.4 is 4.74 Å². The van der Waals surface area contributed by atoms with Crippen LogP contribution in [0.2, 0.25) is 0 Å². The maximum Gasteiger partial charge on any atom is 0.254 e. The van der Waals surface area contributed by atoms with E-state index in [2.05, 4.69) is 18.0 Å². The number of benzene rings is 2. The van der Waals surface area contributed by atoms with Gasteiger partial charge in [0.05, 0.1) is 19.8 Å². The molecule has 2 saturated heterocycles. The standard InChI is InChI=1S/C22H28N2O3/c1-23-9-2-3-20(23)8-12-27-21-7-6-17-15-19(5-4-18(17)16-21)22(25)24-10-13-26-14-11-24/h4-7,15-16,20H,2-3,8-14H2,1H3. The SMILES string of the molecule is CN1CCCC1CCOc1ccc2cc(C(=O)N3CCOCC3)ccc2c1. The number of hydrogen-bond donors (Lipinski definition) is 0. The Morgan fingerprint density at radius 1 is 1.11 bits per heavy atom. The van der Waals surface area contributed by atoms with E-state index in [0.29, 0.717) is 32.3 Å². The lowest BCUT2D eigenvalue weighted by Gasteiger charge is -2.27. The summed E-state index contributed by atoms with van der Waals surface area (Å²) in [6, 6.07) is 12.7. The van der Waals surface area contributed by atoms with E-state index in [0.717, 1.165) is 35.1 Å². The lowest BCUT2D eigenvalue weighted by molar-refractivity contribution is 0.0303. The van der Waals surface area contributed by atoms with Crippen molar-refractivity contribution in [2.45, 2.75) is 25.3 Å². The third-order valence-corrected chi connectivity index (χ3v) is 5.75. The van der Waals surface area contributed by atoms with Gasteiger partial charge in [-0.05, 0) is 67.9 Å². The fraction of sp³-hybridized carbons (Fsp3) is 0.500. The van der Waals surface area contributed by atoms with Crippen LogP contribution in [0.1, 0.15) is 29.6 Å². The number of morpholine rings is 1. The number of carbonyl (C=O) groups is 1. The van der Waals surface area contributed by atoms with Gasteiger partial charge in [-0.3, -0.25) is 4.79 Å². The Bertz CT molecular complexity index is 801. The summed E-state index contributed by atoms with van der Waals surface area (Å²) in [6.07, 6.45) is 3.64. The first-order valence-corrected chi connectivity index (χ1v) is 9.94. The second kappa shape index (κ2) is 8.28. The fourth-order valence-electron chi connectivity index (χ4n) is 4.05. The van der Waals surface area contributed by atoms with Gasteiger partial charge in [-0.1, -0.05) is 12.1 Å². The van der Waals surface area contributed by atoms with Crippen LogP contribution in [0, 0.1) is 0 Å². The molecule has 144 valence electrons. The summed E-state index contributed by atoms with van der Waals surface area (Å²) >= 11 is 0. The Morgan fingerprint density at radius 3 is 2.67 bits per heavy atom. The van der Waals surface area contributed by atoms with Crippen molar-refractivity contribution < 1.29 is 14.3 Å². The van der Waals surface area contributed by atoms with Crippen molar-refractivity contribution in [2.75, 3.05) is 46.5 Å². The zero-order chi connectivity index (χ0) is 18.6. The molecule has 0 aliphatic carbocycles. The zero-order valence-corrected chi connectivity index (χ0v) is 16.0. The van der Waals surface area contributed by atoms with E-state index < -0.39 is 0 Å². The summed E-state index contributed by atoms with van der Waals surface area (Å²) in [5.74, 6) is 0.983. The van der Waals surface area contributed by atoms with E-state index in [1.165, 1.54) is 19.4 Å². The second-order valence-electron chi connectivity index (χ2n) is 7.54. The largest absolute Gasteiger partial charge is 0.494 e. The molecule has 0 N–H and O–H groups in total. The lowest BCUT2D eigenvalue weighted by Crippen LogP contribution is -2.40. The molecule has 2 fully saturated rings. The van der Waals surface area contributed by atoms with Gasteiger partial charge in [0.1, 0.15) is 5.75 Å². The van der Waals surface area contributed by atoms with Crippen LogP contribution in [0.4, 0.5) is 0 Å². The zero-order valence-electron chi connectivity index (χ0n) is 16.0.